The summed E-state index contributed by atoms with van der Waals surface area (Å²) in [5.74, 6) is 0. The maximum absolute atomic E-state index is 13.2. The van der Waals surface area contributed by atoms with Crippen molar-refractivity contribution in [3.8, 4) is 0 Å². The molecule has 4 aliphatic rings. The van der Waals surface area contributed by atoms with Gasteiger partial charge in [0.25, 0.3) is 0 Å². The number of phosphoric ester groups is 6. The zero-order chi connectivity index (χ0) is 33.3. The van der Waals surface area contributed by atoms with Gasteiger partial charge in [0.15, 0.2) is 12.4 Å². The molecule has 0 amide bonds. The molecule has 0 aromatic carbocycles. The van der Waals surface area contributed by atoms with Crippen molar-refractivity contribution < 1.29 is 99.6 Å². The first kappa shape index (κ1) is 37.7. The maximum atomic E-state index is 13.2. The Morgan fingerprint density at radius 2 is 0.600 bits per heavy atom. The average molecular weight is 770 g/mol. The third kappa shape index (κ3) is 8.39. The predicted molar refractivity (Wildman–Crippen MR) is 143 cm³/mol. The molecule has 0 radical (unpaired) electrons. The van der Waals surface area contributed by atoms with Gasteiger partial charge in [0.1, 0.15) is 36.6 Å². The van der Waals surface area contributed by atoms with Crippen LogP contribution in [-0.2, 0) is 94.6 Å². The Hall–Kier alpha value is -0.0700. The van der Waals surface area contributed by atoms with Crippen molar-refractivity contribution in [3.05, 3.63) is 30.6 Å². The number of phosphoric acid groups is 6. The lowest BCUT2D eigenvalue weighted by Gasteiger charge is -2.45. The molecule has 1 aromatic heterocycles. The first-order chi connectivity index (χ1) is 21.1. The summed E-state index contributed by atoms with van der Waals surface area (Å²) in [4.78, 5) is 2.89. The molecule has 28 heteroatoms. The molecule has 6 unspecified atom stereocenters. The number of aromatic nitrogens is 1. The van der Waals surface area contributed by atoms with Crippen LogP contribution in [0.2, 0.25) is 0 Å². The summed E-state index contributed by atoms with van der Waals surface area (Å²) >= 11 is 0. The van der Waals surface area contributed by atoms with Crippen LogP contribution in [0.3, 0.4) is 0 Å². The van der Waals surface area contributed by atoms with Crippen LogP contribution in [-0.4, -0.2) is 79.3 Å². The normalized spacial score (nSPS) is 48.1. The summed E-state index contributed by atoms with van der Waals surface area (Å²) in [6, 6.07) is 5.86. The SMILES string of the molecule is COP1(=O)OC2C3OP(=O)(OC)OP(=O)(OC)OC3C3OP(=O)(OC)OP(=O)(OC)OC3C2OP(=O)(OC)O1.c1cc[nH+]cc1. The summed E-state index contributed by atoms with van der Waals surface area (Å²) in [6.45, 7) is 0. The number of rotatable bonds is 6. The standard InChI is InChI=1S/C12H24O21P6.C5H5N/c1-19-34(13)25-7-8(26-35(14,20-2)31-34)10-12(30-39(18,24-6)33-37(16,22-4)28-10)11-9(7)27-36(15,21-3)32-38(17,23-5)29-11;1-2-4-6-5-3-1/h7-12H,1-6H3;1-5H/p+1. The van der Waals surface area contributed by atoms with Gasteiger partial charge in [-0.2, -0.15) is 12.9 Å². The molecule has 0 spiro atoms. The Labute approximate surface area is 256 Å². The first-order valence-electron chi connectivity index (χ1n) is 12.2. The Morgan fingerprint density at radius 3 is 0.711 bits per heavy atom. The highest BCUT2D eigenvalue weighted by Gasteiger charge is 2.69. The lowest BCUT2D eigenvalue weighted by Crippen LogP contribution is -2.65. The molecular weight excluding hydrogens is 740 g/mol. The zero-order valence-corrected chi connectivity index (χ0v) is 29.5. The smallest absolute Gasteiger partial charge is 0.290 e. The number of aromatic amines is 1. The maximum Gasteiger partial charge on any atom is 0.483 e. The fourth-order valence-corrected chi connectivity index (χ4v) is 13.2. The highest BCUT2D eigenvalue weighted by Crippen LogP contribution is 2.76. The van der Waals surface area contributed by atoms with E-state index in [0.717, 1.165) is 42.7 Å². The van der Waals surface area contributed by atoms with Crippen LogP contribution >= 0.6 is 46.9 Å². The lowest BCUT2D eigenvalue weighted by atomic mass is 9.85. The number of hydrogen-bond acceptors (Lipinski definition) is 21. The van der Waals surface area contributed by atoms with Crippen molar-refractivity contribution in [1.82, 2.24) is 0 Å². The predicted octanol–water partition coefficient (Wildman–Crippen LogP) is 4.43. The van der Waals surface area contributed by atoms with Gasteiger partial charge in [-0.05, 0) is 0 Å². The van der Waals surface area contributed by atoms with Crippen LogP contribution < -0.4 is 4.98 Å². The summed E-state index contributed by atoms with van der Waals surface area (Å²) in [5.41, 5.74) is 0. The Morgan fingerprint density at radius 1 is 0.400 bits per heavy atom. The van der Waals surface area contributed by atoms with Crippen LogP contribution in [0.5, 0.6) is 0 Å². The minimum atomic E-state index is -4.89. The summed E-state index contributed by atoms with van der Waals surface area (Å²) < 4.78 is 155. The fourth-order valence-electron chi connectivity index (χ4n) is 4.02. The van der Waals surface area contributed by atoms with E-state index in [4.69, 9.17) is 67.2 Å². The van der Waals surface area contributed by atoms with Gasteiger partial charge in [0.2, 0.25) is 0 Å². The zero-order valence-electron chi connectivity index (χ0n) is 24.1. The highest BCUT2D eigenvalue weighted by atomic mass is 31.3. The second kappa shape index (κ2) is 14.4. The van der Waals surface area contributed by atoms with Gasteiger partial charge in [-0.15, -0.1) is 0 Å². The minimum Gasteiger partial charge on any atom is -0.290 e. The van der Waals surface area contributed by atoms with Gasteiger partial charge in [-0.25, -0.2) is 32.4 Å². The molecule has 1 saturated carbocycles. The number of hydrogen-bond donors (Lipinski definition) is 0. The number of fused-ring (bicyclic) bond motifs is 6. The van der Waals surface area contributed by atoms with Crippen LogP contribution in [0, 0.1) is 0 Å². The van der Waals surface area contributed by atoms with E-state index < -0.39 is 83.6 Å². The van der Waals surface area contributed by atoms with Gasteiger partial charge in [0.05, 0.1) is 0 Å². The molecule has 45 heavy (non-hydrogen) atoms. The van der Waals surface area contributed by atoms with Crippen LogP contribution in [0.4, 0.5) is 0 Å². The summed E-state index contributed by atoms with van der Waals surface area (Å²) in [5, 5.41) is 0. The minimum absolute atomic E-state index is 0.851. The first-order valence-corrected chi connectivity index (χ1v) is 20.9. The van der Waals surface area contributed by atoms with Crippen molar-refractivity contribution in [3.63, 3.8) is 0 Å². The molecule has 1 N–H and O–H groups in total. The second-order valence-electron chi connectivity index (χ2n) is 8.52. The Kier molecular flexibility index (Phi) is 12.1. The molecule has 3 aliphatic heterocycles. The van der Waals surface area contributed by atoms with Crippen molar-refractivity contribution in [2.24, 2.45) is 0 Å². The second-order valence-corrected chi connectivity index (χ2v) is 19.3. The van der Waals surface area contributed by atoms with E-state index in [-0.39, 0.29) is 0 Å². The largest absolute Gasteiger partial charge is 0.483 e. The van der Waals surface area contributed by atoms with Gasteiger partial charge in [0, 0.05) is 54.8 Å². The molecule has 0 bridgehead atoms. The molecule has 3 saturated heterocycles. The monoisotopic (exact) mass is 770 g/mol. The molecule has 5 rings (SSSR count). The lowest BCUT2D eigenvalue weighted by molar-refractivity contribution is -0.377. The average Bonchev–Trinajstić information content (AvgIpc) is 3.31. The molecule has 4 heterocycles. The molecule has 1 aliphatic carbocycles. The van der Waals surface area contributed by atoms with Crippen molar-refractivity contribution >= 4 is 46.9 Å². The summed E-state index contributed by atoms with van der Waals surface area (Å²) in [7, 11) is -24.2. The quantitative estimate of drug-likeness (QED) is 0.362. The molecule has 1 aromatic rings. The Bertz CT molecular complexity index is 1200. The summed E-state index contributed by atoms with van der Waals surface area (Å²) in [6.07, 6.45) is -8.01. The van der Waals surface area contributed by atoms with E-state index in [1.165, 1.54) is 0 Å². The number of H-pyrrole nitrogens is 1. The fraction of sp³-hybridized carbons (Fsp3) is 0.706. The van der Waals surface area contributed by atoms with E-state index in [1.54, 1.807) is 0 Å². The van der Waals surface area contributed by atoms with Crippen molar-refractivity contribution in [2.75, 3.05) is 42.7 Å². The Balaban J connectivity index is 0.000000687. The van der Waals surface area contributed by atoms with Crippen LogP contribution in [0.25, 0.3) is 0 Å². The molecule has 22 nitrogen and oxygen atoms in total. The number of nitrogens with one attached hydrogen (secondary N) is 1. The van der Waals surface area contributed by atoms with Gasteiger partial charge in [-0.3, -0.25) is 54.3 Å². The van der Waals surface area contributed by atoms with Crippen molar-refractivity contribution in [2.45, 2.75) is 36.6 Å². The molecule has 258 valence electrons. The van der Waals surface area contributed by atoms with Gasteiger partial charge >= 0.3 is 46.9 Å². The topological polar surface area (TPSA) is 255 Å². The van der Waals surface area contributed by atoms with Crippen LogP contribution in [0.15, 0.2) is 30.6 Å². The molecule has 6 atom stereocenters. The number of pyridine rings is 1. The third-order valence-electron chi connectivity index (χ3n) is 6.00. The van der Waals surface area contributed by atoms with E-state index in [9.17, 15) is 27.4 Å². The van der Waals surface area contributed by atoms with Gasteiger partial charge in [-0.1, -0.05) is 6.07 Å². The molecular formula is C17H30NO21P6+. The van der Waals surface area contributed by atoms with E-state index in [2.05, 4.69) is 4.98 Å². The molecule has 4 fully saturated rings. The van der Waals surface area contributed by atoms with E-state index in [1.807, 2.05) is 30.6 Å². The van der Waals surface area contributed by atoms with Crippen molar-refractivity contribution in [1.29, 1.82) is 0 Å². The highest BCUT2D eigenvalue weighted by molar-refractivity contribution is 7.63. The van der Waals surface area contributed by atoms with Crippen LogP contribution in [0.1, 0.15) is 0 Å². The van der Waals surface area contributed by atoms with E-state index in [0.29, 0.717) is 0 Å². The van der Waals surface area contributed by atoms with Gasteiger partial charge < -0.3 is 0 Å². The van der Waals surface area contributed by atoms with E-state index >= 15 is 0 Å². The third-order valence-corrected chi connectivity index (χ3v) is 16.5.